The largest absolute Gasteiger partial charge is 0.338 e. The maximum Gasteiger partial charge on any atom is 0.254 e. The molecule has 8 heteroatoms. The van der Waals surface area contributed by atoms with Gasteiger partial charge in [0.1, 0.15) is 5.82 Å². The minimum atomic E-state index is -0.415. The van der Waals surface area contributed by atoms with Gasteiger partial charge in [-0.05, 0) is 73.2 Å². The number of Topliss-reactive ketones (excluding diaryl/α,β-unsaturated/α-hetero) is 2. The molecule has 4 aromatic carbocycles. The molecule has 47 heavy (non-hydrogen) atoms. The first-order valence-corrected chi connectivity index (χ1v) is 16.3. The third-order valence-electron chi connectivity index (χ3n) is 9.34. The van der Waals surface area contributed by atoms with Crippen LogP contribution in [0.25, 0.3) is 22.4 Å². The van der Waals surface area contributed by atoms with Crippen LogP contribution in [0.3, 0.4) is 0 Å². The van der Waals surface area contributed by atoms with Crippen LogP contribution in [0.1, 0.15) is 57.5 Å². The molecule has 0 spiro atoms. The number of benzene rings is 4. The van der Waals surface area contributed by atoms with Crippen molar-refractivity contribution in [3.05, 3.63) is 125 Å². The number of rotatable bonds is 9. The molecule has 1 N–H and O–H groups in total. The van der Waals surface area contributed by atoms with E-state index in [0.717, 1.165) is 40.6 Å². The van der Waals surface area contributed by atoms with E-state index in [9.17, 15) is 19.2 Å². The van der Waals surface area contributed by atoms with Gasteiger partial charge in [0, 0.05) is 42.6 Å². The van der Waals surface area contributed by atoms with Gasteiger partial charge in [0.2, 0.25) is 0 Å². The minimum absolute atomic E-state index is 0.0427. The highest BCUT2D eigenvalue weighted by Crippen LogP contribution is 2.26. The summed E-state index contributed by atoms with van der Waals surface area (Å²) in [5.74, 6) is 0.612. The van der Waals surface area contributed by atoms with Crippen LogP contribution < -0.4 is 0 Å². The zero-order chi connectivity index (χ0) is 32.3. The number of hydrogen-bond donors (Lipinski definition) is 1. The van der Waals surface area contributed by atoms with Gasteiger partial charge >= 0.3 is 0 Å². The number of carbonyl (C=O) groups is 4. The van der Waals surface area contributed by atoms with Crippen molar-refractivity contribution in [2.24, 2.45) is 0 Å². The molecule has 1 aromatic heterocycles. The van der Waals surface area contributed by atoms with E-state index >= 15 is 0 Å². The highest BCUT2D eigenvalue weighted by molar-refractivity contribution is 5.99. The highest BCUT2D eigenvalue weighted by atomic mass is 16.2. The number of ketones is 2. The lowest BCUT2D eigenvalue weighted by Gasteiger charge is -2.24. The molecule has 2 amide bonds. The number of aromatic amines is 1. The van der Waals surface area contributed by atoms with E-state index in [1.165, 1.54) is 0 Å². The molecule has 5 aromatic rings. The molecule has 0 saturated carbocycles. The number of H-pyrrole nitrogens is 1. The van der Waals surface area contributed by atoms with Crippen molar-refractivity contribution in [3.63, 3.8) is 0 Å². The van der Waals surface area contributed by atoms with E-state index in [0.29, 0.717) is 42.9 Å². The Morgan fingerprint density at radius 2 is 1.15 bits per heavy atom. The Bertz CT molecular complexity index is 1930. The molecule has 0 bridgehead atoms. The lowest BCUT2D eigenvalue weighted by molar-refractivity contribution is -0.122. The molecule has 2 aliphatic heterocycles. The SMILES string of the molecule is O=C(Cc1ccc(-c2nc3ccc(CC(=O)[C@@H]4CCCN4C(=O)c4ccccc4)cc3[nH]2)cc1)[C@@H]1CCCN1C(=O)c1ccccc1. The van der Waals surface area contributed by atoms with Crippen LogP contribution in [0.15, 0.2) is 103 Å². The van der Waals surface area contributed by atoms with Crippen LogP contribution in [0.4, 0.5) is 0 Å². The van der Waals surface area contributed by atoms with E-state index in [4.69, 9.17) is 4.98 Å². The van der Waals surface area contributed by atoms with Gasteiger partial charge < -0.3 is 14.8 Å². The smallest absolute Gasteiger partial charge is 0.254 e. The molecule has 2 fully saturated rings. The third kappa shape index (κ3) is 6.36. The Hall–Kier alpha value is -5.37. The lowest BCUT2D eigenvalue weighted by atomic mass is 10.0. The van der Waals surface area contributed by atoms with Crippen molar-refractivity contribution < 1.29 is 19.2 Å². The number of hydrogen-bond acceptors (Lipinski definition) is 5. The maximum atomic E-state index is 13.4. The fraction of sp³-hybridized carbons (Fsp3) is 0.256. The summed E-state index contributed by atoms with van der Waals surface area (Å²) in [6.45, 7) is 1.19. The number of imidazole rings is 1. The number of aromatic nitrogens is 2. The molecular weight excluding hydrogens is 588 g/mol. The summed E-state index contributed by atoms with van der Waals surface area (Å²) in [5.41, 5.74) is 5.49. The summed E-state index contributed by atoms with van der Waals surface area (Å²) < 4.78 is 0. The molecule has 0 aliphatic carbocycles. The van der Waals surface area contributed by atoms with Crippen LogP contribution >= 0.6 is 0 Å². The van der Waals surface area contributed by atoms with Gasteiger partial charge in [0.05, 0.1) is 23.1 Å². The van der Waals surface area contributed by atoms with E-state index in [-0.39, 0.29) is 36.2 Å². The molecule has 0 radical (unpaired) electrons. The number of carbonyl (C=O) groups excluding carboxylic acids is 4. The second-order valence-corrected chi connectivity index (χ2v) is 12.5. The first-order chi connectivity index (χ1) is 22.9. The molecule has 2 aliphatic rings. The first kappa shape index (κ1) is 30.3. The van der Waals surface area contributed by atoms with Crippen molar-refractivity contribution in [2.45, 2.75) is 50.6 Å². The zero-order valence-electron chi connectivity index (χ0n) is 26.1. The van der Waals surface area contributed by atoms with Crippen molar-refractivity contribution in [3.8, 4) is 11.4 Å². The first-order valence-electron chi connectivity index (χ1n) is 16.3. The van der Waals surface area contributed by atoms with Crippen LogP contribution in [0.5, 0.6) is 0 Å². The summed E-state index contributed by atoms with van der Waals surface area (Å²) in [5, 5.41) is 0. The zero-order valence-corrected chi connectivity index (χ0v) is 26.1. The summed E-state index contributed by atoms with van der Waals surface area (Å²) >= 11 is 0. The topological polar surface area (TPSA) is 103 Å². The Morgan fingerprint density at radius 3 is 1.70 bits per heavy atom. The van der Waals surface area contributed by atoms with Crippen LogP contribution in [-0.4, -0.2) is 68.3 Å². The van der Waals surface area contributed by atoms with Crippen molar-refractivity contribution in [1.82, 2.24) is 19.8 Å². The molecule has 2 atom stereocenters. The lowest BCUT2D eigenvalue weighted by Crippen LogP contribution is -2.41. The van der Waals surface area contributed by atoms with E-state index in [2.05, 4.69) is 4.98 Å². The van der Waals surface area contributed by atoms with Gasteiger partial charge in [0.25, 0.3) is 11.8 Å². The number of likely N-dealkylation sites (tertiary alicyclic amines) is 2. The standard InChI is InChI=1S/C39H36N4O4/c44-35(33-13-7-21-42(33)38(46)29-9-3-1-4-10-29)24-26-15-18-28(19-16-26)37-40-31-20-17-27(23-32(31)41-37)25-36(45)34-14-8-22-43(34)39(47)30-11-5-2-6-12-30/h1-6,9-12,15-20,23,33-34H,7-8,13-14,21-22,24-25H2,(H,40,41)/t33-,34-/m0/s1. The second-order valence-electron chi connectivity index (χ2n) is 12.5. The fourth-order valence-corrected chi connectivity index (χ4v) is 6.90. The van der Waals surface area contributed by atoms with E-state index < -0.39 is 12.1 Å². The predicted octanol–water partition coefficient (Wildman–Crippen LogP) is 6.06. The second kappa shape index (κ2) is 13.2. The molecule has 7 rings (SSSR count). The summed E-state index contributed by atoms with van der Waals surface area (Å²) in [4.78, 5) is 64.4. The average molecular weight is 625 g/mol. The number of amides is 2. The molecule has 236 valence electrons. The highest BCUT2D eigenvalue weighted by Gasteiger charge is 2.35. The monoisotopic (exact) mass is 624 g/mol. The minimum Gasteiger partial charge on any atom is -0.338 e. The Kier molecular flexibility index (Phi) is 8.48. The van der Waals surface area contributed by atoms with Gasteiger partial charge in [-0.1, -0.05) is 66.7 Å². The molecule has 0 unspecified atom stereocenters. The molecule has 3 heterocycles. The molecular formula is C39H36N4O4. The summed E-state index contributed by atoms with van der Waals surface area (Å²) in [6.07, 6.45) is 3.51. The van der Waals surface area contributed by atoms with Gasteiger partial charge in [-0.2, -0.15) is 0 Å². The molecule has 8 nitrogen and oxygen atoms in total. The van der Waals surface area contributed by atoms with Crippen LogP contribution in [0.2, 0.25) is 0 Å². The summed E-state index contributed by atoms with van der Waals surface area (Å²) in [6, 6.07) is 31.0. The maximum absolute atomic E-state index is 13.4. The number of nitrogens with one attached hydrogen (secondary N) is 1. The van der Waals surface area contributed by atoms with E-state index in [1.807, 2.05) is 78.9 Å². The van der Waals surface area contributed by atoms with Crippen molar-refractivity contribution in [2.75, 3.05) is 13.1 Å². The van der Waals surface area contributed by atoms with Gasteiger partial charge in [-0.15, -0.1) is 0 Å². The Balaban J connectivity index is 0.996. The molecule has 2 saturated heterocycles. The van der Waals surface area contributed by atoms with E-state index in [1.54, 1.807) is 34.1 Å². The van der Waals surface area contributed by atoms with Gasteiger partial charge in [-0.25, -0.2) is 4.98 Å². The van der Waals surface area contributed by atoms with Crippen molar-refractivity contribution >= 4 is 34.4 Å². The number of nitrogens with zero attached hydrogens (tertiary/aromatic N) is 3. The third-order valence-corrected chi connectivity index (χ3v) is 9.34. The van der Waals surface area contributed by atoms with Crippen LogP contribution in [-0.2, 0) is 22.4 Å². The Labute approximate surface area is 273 Å². The normalized spacial score (nSPS) is 17.7. The number of fused-ring (bicyclic) bond motifs is 1. The quantitative estimate of drug-likeness (QED) is 0.215. The van der Waals surface area contributed by atoms with Crippen molar-refractivity contribution in [1.29, 1.82) is 0 Å². The van der Waals surface area contributed by atoms with Gasteiger partial charge in [-0.3, -0.25) is 19.2 Å². The predicted molar refractivity (Wildman–Crippen MR) is 180 cm³/mol. The summed E-state index contributed by atoms with van der Waals surface area (Å²) in [7, 11) is 0. The van der Waals surface area contributed by atoms with Crippen LogP contribution in [0, 0.1) is 0 Å². The Morgan fingerprint density at radius 1 is 0.638 bits per heavy atom. The fourth-order valence-electron chi connectivity index (χ4n) is 6.90. The average Bonchev–Trinajstić information content (AvgIpc) is 3.89. The van der Waals surface area contributed by atoms with Gasteiger partial charge in [0.15, 0.2) is 11.6 Å².